The van der Waals surface area contributed by atoms with Crippen molar-refractivity contribution in [1.29, 1.82) is 0 Å². The summed E-state index contributed by atoms with van der Waals surface area (Å²) in [5.41, 5.74) is 7.32. The average molecular weight is 345 g/mol. The van der Waals surface area contributed by atoms with Crippen molar-refractivity contribution in [1.82, 2.24) is 10.3 Å². The summed E-state index contributed by atoms with van der Waals surface area (Å²) in [7, 11) is 0. The number of amides is 1. The van der Waals surface area contributed by atoms with E-state index in [9.17, 15) is 9.59 Å². The third-order valence-electron chi connectivity index (χ3n) is 4.14. The Hall–Kier alpha value is -3.67. The molecule has 2 aromatic carbocycles. The van der Waals surface area contributed by atoms with E-state index in [-0.39, 0.29) is 27.9 Å². The Bertz CT molecular complexity index is 1180. The number of aromatic nitrogens is 1. The van der Waals surface area contributed by atoms with E-state index in [1.165, 1.54) is 6.07 Å². The second-order valence-electron chi connectivity index (χ2n) is 5.87. The third-order valence-corrected chi connectivity index (χ3v) is 4.14. The number of nitrogens with one attached hydrogen (secondary N) is 1. The van der Waals surface area contributed by atoms with Gasteiger partial charge in [-0.1, -0.05) is 42.5 Å². The molecule has 0 saturated carbocycles. The number of hydrogen-bond acceptors (Lipinski definition) is 5. The first kappa shape index (κ1) is 15.8. The molecule has 4 rings (SSSR count). The molecule has 2 aromatic heterocycles. The maximum Gasteiger partial charge on any atom is 0.255 e. The van der Waals surface area contributed by atoms with Crippen LogP contribution in [0.4, 0.5) is 5.82 Å². The van der Waals surface area contributed by atoms with E-state index < -0.39 is 5.91 Å². The SMILES string of the molecule is Nc1nc2oc3ccccc3c(=O)c2cc1C(=O)NCc1ccccc1. The highest BCUT2D eigenvalue weighted by atomic mass is 16.3. The Morgan fingerprint density at radius 3 is 2.58 bits per heavy atom. The van der Waals surface area contributed by atoms with Gasteiger partial charge in [0.1, 0.15) is 11.4 Å². The summed E-state index contributed by atoms with van der Waals surface area (Å²) in [5.74, 6) is -0.380. The largest absolute Gasteiger partial charge is 0.437 e. The topological polar surface area (TPSA) is 98.2 Å². The van der Waals surface area contributed by atoms with Crippen LogP contribution in [-0.2, 0) is 6.54 Å². The van der Waals surface area contributed by atoms with Crippen molar-refractivity contribution in [3.05, 3.63) is 82.0 Å². The molecule has 0 fully saturated rings. The molecule has 0 saturated heterocycles. The molecule has 3 N–H and O–H groups in total. The quantitative estimate of drug-likeness (QED) is 0.556. The summed E-state index contributed by atoms with van der Waals surface area (Å²) in [5, 5.41) is 3.44. The zero-order chi connectivity index (χ0) is 18.1. The summed E-state index contributed by atoms with van der Waals surface area (Å²) in [4.78, 5) is 29.3. The Labute approximate surface area is 148 Å². The van der Waals surface area contributed by atoms with Crippen LogP contribution in [0.5, 0.6) is 0 Å². The summed E-state index contributed by atoms with van der Waals surface area (Å²) >= 11 is 0. The Morgan fingerprint density at radius 1 is 1.04 bits per heavy atom. The molecule has 4 aromatic rings. The number of carbonyl (C=O) groups is 1. The first-order chi connectivity index (χ1) is 12.6. The number of nitrogens with zero attached hydrogens (tertiary/aromatic N) is 1. The number of rotatable bonds is 3. The molecule has 2 heterocycles. The fraction of sp³-hybridized carbons (Fsp3) is 0.0500. The highest BCUT2D eigenvalue weighted by molar-refractivity contribution is 6.02. The van der Waals surface area contributed by atoms with Crippen LogP contribution in [0.15, 0.2) is 69.9 Å². The highest BCUT2D eigenvalue weighted by Crippen LogP contribution is 2.20. The molecular weight excluding hydrogens is 330 g/mol. The van der Waals surface area contributed by atoms with E-state index in [1.807, 2.05) is 30.3 Å². The van der Waals surface area contributed by atoms with Crippen LogP contribution in [0.1, 0.15) is 15.9 Å². The van der Waals surface area contributed by atoms with Gasteiger partial charge in [0.2, 0.25) is 11.1 Å². The van der Waals surface area contributed by atoms with E-state index in [0.29, 0.717) is 17.5 Å². The molecule has 26 heavy (non-hydrogen) atoms. The van der Waals surface area contributed by atoms with E-state index in [0.717, 1.165) is 5.56 Å². The molecule has 0 aliphatic heterocycles. The maximum absolute atomic E-state index is 12.7. The van der Waals surface area contributed by atoms with Crippen LogP contribution in [0.2, 0.25) is 0 Å². The molecule has 6 nitrogen and oxygen atoms in total. The van der Waals surface area contributed by atoms with E-state index >= 15 is 0 Å². The lowest BCUT2D eigenvalue weighted by Crippen LogP contribution is -2.24. The molecular formula is C20H15N3O3. The standard InChI is InChI=1S/C20H15N3O3/c21-18-15(19(25)22-11-12-6-2-1-3-7-12)10-14-17(24)13-8-4-5-9-16(13)26-20(14)23-18/h1-10H,11H2,(H2,21,23)(H,22,25). The van der Waals surface area contributed by atoms with Crippen LogP contribution in [0.25, 0.3) is 22.1 Å². The first-order valence-corrected chi connectivity index (χ1v) is 8.07. The molecule has 0 spiro atoms. The Kier molecular flexibility index (Phi) is 3.85. The molecule has 0 unspecified atom stereocenters. The lowest BCUT2D eigenvalue weighted by Gasteiger charge is -2.08. The number of carbonyl (C=O) groups excluding carboxylic acids is 1. The maximum atomic E-state index is 12.7. The monoisotopic (exact) mass is 345 g/mol. The number of benzene rings is 2. The van der Waals surface area contributed by atoms with Crippen LogP contribution in [-0.4, -0.2) is 10.9 Å². The molecule has 0 bridgehead atoms. The first-order valence-electron chi connectivity index (χ1n) is 8.07. The minimum Gasteiger partial charge on any atom is -0.437 e. The molecule has 0 aliphatic rings. The highest BCUT2D eigenvalue weighted by Gasteiger charge is 2.16. The Balaban J connectivity index is 1.74. The molecule has 0 aliphatic carbocycles. The van der Waals surface area contributed by atoms with Gasteiger partial charge in [-0.05, 0) is 23.8 Å². The second-order valence-corrected chi connectivity index (χ2v) is 5.87. The van der Waals surface area contributed by atoms with Gasteiger partial charge in [-0.2, -0.15) is 4.98 Å². The van der Waals surface area contributed by atoms with Gasteiger partial charge >= 0.3 is 0 Å². The zero-order valence-corrected chi connectivity index (χ0v) is 13.7. The van der Waals surface area contributed by atoms with Crippen molar-refractivity contribution < 1.29 is 9.21 Å². The lowest BCUT2D eigenvalue weighted by molar-refractivity contribution is 0.0951. The molecule has 0 atom stereocenters. The molecule has 0 radical (unpaired) electrons. The number of nitrogen functional groups attached to an aromatic ring is 1. The van der Waals surface area contributed by atoms with Gasteiger partial charge in [0.05, 0.1) is 16.3 Å². The fourth-order valence-corrected chi connectivity index (χ4v) is 2.80. The molecule has 128 valence electrons. The minimum absolute atomic E-state index is 0.0153. The number of para-hydroxylation sites is 1. The summed E-state index contributed by atoms with van der Waals surface area (Å²) in [6.45, 7) is 0.351. The van der Waals surface area contributed by atoms with Crippen molar-refractivity contribution in [3.8, 4) is 0 Å². The van der Waals surface area contributed by atoms with Gasteiger partial charge in [0, 0.05) is 6.54 Å². The number of fused-ring (bicyclic) bond motifs is 2. The van der Waals surface area contributed by atoms with Crippen LogP contribution in [0.3, 0.4) is 0 Å². The lowest BCUT2D eigenvalue weighted by atomic mass is 10.1. The summed E-state index contributed by atoms with van der Waals surface area (Å²) in [6, 6.07) is 17.8. The number of hydrogen-bond donors (Lipinski definition) is 2. The normalized spacial score (nSPS) is 10.9. The van der Waals surface area contributed by atoms with Crippen LogP contribution in [0, 0.1) is 0 Å². The van der Waals surface area contributed by atoms with Crippen LogP contribution >= 0.6 is 0 Å². The van der Waals surface area contributed by atoms with Gasteiger partial charge in [-0.25, -0.2) is 0 Å². The van der Waals surface area contributed by atoms with E-state index in [2.05, 4.69) is 10.3 Å². The minimum atomic E-state index is -0.395. The zero-order valence-electron chi connectivity index (χ0n) is 13.7. The van der Waals surface area contributed by atoms with Gasteiger partial charge < -0.3 is 15.5 Å². The predicted octanol–water partition coefficient (Wildman–Crippen LogP) is 2.85. The van der Waals surface area contributed by atoms with E-state index in [1.54, 1.807) is 24.3 Å². The van der Waals surface area contributed by atoms with Crippen molar-refractivity contribution in [2.45, 2.75) is 6.54 Å². The van der Waals surface area contributed by atoms with Gasteiger partial charge in [-0.3, -0.25) is 9.59 Å². The molecule has 1 amide bonds. The fourth-order valence-electron chi connectivity index (χ4n) is 2.80. The number of anilines is 1. The van der Waals surface area contributed by atoms with E-state index in [4.69, 9.17) is 10.2 Å². The second kappa shape index (κ2) is 6.33. The van der Waals surface area contributed by atoms with Crippen molar-refractivity contribution in [2.75, 3.05) is 5.73 Å². The van der Waals surface area contributed by atoms with Crippen molar-refractivity contribution >= 4 is 33.8 Å². The molecule has 6 heteroatoms. The van der Waals surface area contributed by atoms with Gasteiger partial charge in [-0.15, -0.1) is 0 Å². The van der Waals surface area contributed by atoms with Crippen molar-refractivity contribution in [2.24, 2.45) is 0 Å². The summed E-state index contributed by atoms with van der Waals surface area (Å²) < 4.78 is 5.65. The van der Waals surface area contributed by atoms with Gasteiger partial charge in [0.25, 0.3) is 5.91 Å². The predicted molar refractivity (Wildman–Crippen MR) is 99.8 cm³/mol. The van der Waals surface area contributed by atoms with Crippen LogP contribution < -0.4 is 16.5 Å². The number of nitrogens with two attached hydrogens (primary N) is 1. The smallest absolute Gasteiger partial charge is 0.255 e. The van der Waals surface area contributed by atoms with Gasteiger partial charge in [0.15, 0.2) is 0 Å². The third kappa shape index (κ3) is 2.77. The number of pyridine rings is 1. The summed E-state index contributed by atoms with van der Waals surface area (Å²) in [6.07, 6.45) is 0. The van der Waals surface area contributed by atoms with Crippen molar-refractivity contribution in [3.63, 3.8) is 0 Å². The Morgan fingerprint density at radius 2 is 1.77 bits per heavy atom. The average Bonchev–Trinajstić information content (AvgIpc) is 2.67.